The summed E-state index contributed by atoms with van der Waals surface area (Å²) in [6, 6.07) is 16.5. The molecule has 0 bridgehead atoms. The zero-order valence-electron chi connectivity index (χ0n) is 18.2. The summed E-state index contributed by atoms with van der Waals surface area (Å²) in [4.78, 5) is 41.1. The third-order valence-electron chi connectivity index (χ3n) is 6.43. The Hall–Kier alpha value is -3.35. The Labute approximate surface area is 188 Å². The molecule has 168 valence electrons. The lowest BCUT2D eigenvalue weighted by atomic mass is 9.96. The maximum absolute atomic E-state index is 13.3. The highest BCUT2D eigenvalue weighted by molar-refractivity contribution is 5.98. The van der Waals surface area contributed by atoms with Gasteiger partial charge in [-0.3, -0.25) is 14.4 Å². The number of likely N-dealkylation sites (tertiary alicyclic amines) is 1. The van der Waals surface area contributed by atoms with Crippen molar-refractivity contribution in [1.82, 2.24) is 4.90 Å². The third-order valence-corrected chi connectivity index (χ3v) is 6.43. The Morgan fingerprint density at radius 3 is 2.25 bits per heavy atom. The molecular weight excluding hydrogens is 404 g/mol. The summed E-state index contributed by atoms with van der Waals surface area (Å²) >= 11 is 0. The number of hydrogen-bond donors (Lipinski definition) is 2. The maximum atomic E-state index is 13.3. The van der Waals surface area contributed by atoms with Gasteiger partial charge in [-0.15, -0.1) is 0 Å². The van der Waals surface area contributed by atoms with E-state index in [-0.39, 0.29) is 23.6 Å². The van der Waals surface area contributed by atoms with E-state index < -0.39 is 6.04 Å². The number of benzene rings is 2. The molecule has 1 atom stereocenters. The molecule has 2 aromatic carbocycles. The zero-order valence-corrected chi connectivity index (χ0v) is 18.2. The van der Waals surface area contributed by atoms with Gasteiger partial charge in [0.2, 0.25) is 11.8 Å². The summed E-state index contributed by atoms with van der Waals surface area (Å²) in [6.07, 6.45) is 3.78. The van der Waals surface area contributed by atoms with Crippen LogP contribution in [0.4, 0.5) is 11.4 Å². The van der Waals surface area contributed by atoms with Crippen LogP contribution in [-0.4, -0.2) is 42.3 Å². The number of carbonyl (C=O) groups is 3. The second-order valence-corrected chi connectivity index (χ2v) is 8.56. The first kappa shape index (κ1) is 21.9. The third kappa shape index (κ3) is 4.93. The summed E-state index contributed by atoms with van der Waals surface area (Å²) in [5.74, 6) is -0.448. The predicted octanol–water partition coefficient (Wildman–Crippen LogP) is 3.08. The molecule has 3 amide bonds. The number of amides is 3. The van der Waals surface area contributed by atoms with Gasteiger partial charge in [0.25, 0.3) is 5.91 Å². The molecule has 2 fully saturated rings. The van der Waals surface area contributed by atoms with E-state index in [0.29, 0.717) is 18.7 Å². The van der Waals surface area contributed by atoms with Gasteiger partial charge in [0.1, 0.15) is 6.04 Å². The highest BCUT2D eigenvalue weighted by atomic mass is 16.2. The second-order valence-electron chi connectivity index (χ2n) is 8.56. The number of carbonyl (C=O) groups excluding carboxylic acids is 3. The number of primary amides is 1. The molecular formula is C25H30N4O3. The number of nitrogens with zero attached hydrogens (tertiary/aromatic N) is 2. The zero-order chi connectivity index (χ0) is 22.5. The molecule has 2 saturated heterocycles. The molecule has 0 aliphatic carbocycles. The quantitative estimate of drug-likeness (QED) is 0.730. The van der Waals surface area contributed by atoms with Crippen LogP contribution in [0.2, 0.25) is 0 Å². The Kier molecular flexibility index (Phi) is 6.73. The molecule has 0 radical (unpaired) electrons. The van der Waals surface area contributed by atoms with Gasteiger partial charge in [-0.2, -0.15) is 0 Å². The van der Waals surface area contributed by atoms with E-state index in [1.807, 2.05) is 54.6 Å². The number of hydrogen-bond acceptors (Lipinski definition) is 4. The van der Waals surface area contributed by atoms with Gasteiger partial charge in [-0.05, 0) is 55.5 Å². The molecule has 2 aliphatic rings. The van der Waals surface area contributed by atoms with E-state index in [0.717, 1.165) is 50.0 Å². The maximum Gasteiger partial charge on any atom is 0.251 e. The number of nitrogens with one attached hydrogen (secondary N) is 1. The Morgan fingerprint density at radius 2 is 1.62 bits per heavy atom. The fraction of sp³-hybridized carbons (Fsp3) is 0.400. The molecule has 32 heavy (non-hydrogen) atoms. The number of nitrogens with two attached hydrogens (primary N) is 1. The first-order chi connectivity index (χ1) is 15.5. The van der Waals surface area contributed by atoms with Crippen molar-refractivity contribution < 1.29 is 14.4 Å². The van der Waals surface area contributed by atoms with Gasteiger partial charge >= 0.3 is 0 Å². The number of piperidine rings is 2. The Bertz CT molecular complexity index is 953. The van der Waals surface area contributed by atoms with Crippen LogP contribution in [0, 0.1) is 5.92 Å². The van der Waals surface area contributed by atoms with Gasteiger partial charge in [0, 0.05) is 43.3 Å². The van der Waals surface area contributed by atoms with E-state index >= 15 is 0 Å². The monoisotopic (exact) mass is 434 g/mol. The molecule has 0 aromatic heterocycles. The minimum absolute atomic E-state index is 0.0231. The first-order valence-electron chi connectivity index (χ1n) is 11.3. The second kappa shape index (κ2) is 9.85. The topological polar surface area (TPSA) is 95.7 Å². The van der Waals surface area contributed by atoms with Gasteiger partial charge < -0.3 is 20.9 Å². The normalized spacial score (nSPS) is 18.3. The number of rotatable bonds is 6. The van der Waals surface area contributed by atoms with Crippen molar-refractivity contribution in [2.45, 2.75) is 38.1 Å². The molecule has 2 aliphatic heterocycles. The van der Waals surface area contributed by atoms with Crippen LogP contribution in [0.3, 0.4) is 0 Å². The molecule has 7 nitrogen and oxygen atoms in total. The first-order valence-corrected chi connectivity index (χ1v) is 11.3. The van der Waals surface area contributed by atoms with Crippen molar-refractivity contribution in [3.05, 3.63) is 60.2 Å². The predicted molar refractivity (Wildman–Crippen MR) is 124 cm³/mol. The van der Waals surface area contributed by atoms with Crippen LogP contribution in [0.1, 0.15) is 43.7 Å². The SMILES string of the molecule is NC(=O)C1CCN(c2ccc(NC(=O)C(c3ccccc3)N3CCCCC3=O)cc2)CC1. The Balaban J connectivity index is 1.45. The smallest absolute Gasteiger partial charge is 0.251 e. The van der Waals surface area contributed by atoms with Crippen LogP contribution in [0.15, 0.2) is 54.6 Å². The van der Waals surface area contributed by atoms with Crippen LogP contribution in [0.5, 0.6) is 0 Å². The van der Waals surface area contributed by atoms with Crippen molar-refractivity contribution in [3.63, 3.8) is 0 Å². The van der Waals surface area contributed by atoms with Gasteiger partial charge in [0.15, 0.2) is 0 Å². The Morgan fingerprint density at radius 1 is 0.938 bits per heavy atom. The molecule has 1 unspecified atom stereocenters. The van der Waals surface area contributed by atoms with E-state index in [2.05, 4.69) is 10.2 Å². The fourth-order valence-electron chi connectivity index (χ4n) is 4.60. The average Bonchev–Trinajstić information content (AvgIpc) is 2.82. The minimum Gasteiger partial charge on any atom is -0.371 e. The molecule has 3 N–H and O–H groups in total. The van der Waals surface area contributed by atoms with Crippen LogP contribution in [0.25, 0.3) is 0 Å². The summed E-state index contributed by atoms with van der Waals surface area (Å²) in [5.41, 5.74) is 7.98. The fourth-order valence-corrected chi connectivity index (χ4v) is 4.60. The van der Waals surface area contributed by atoms with Gasteiger partial charge in [-0.25, -0.2) is 0 Å². The highest BCUT2D eigenvalue weighted by Crippen LogP contribution is 2.28. The molecule has 2 aromatic rings. The van der Waals surface area contributed by atoms with Crippen molar-refractivity contribution in [2.75, 3.05) is 29.9 Å². The van der Waals surface area contributed by atoms with Crippen LogP contribution < -0.4 is 16.0 Å². The van der Waals surface area contributed by atoms with Gasteiger partial charge in [0.05, 0.1) is 0 Å². The average molecular weight is 435 g/mol. The molecule has 0 spiro atoms. The largest absolute Gasteiger partial charge is 0.371 e. The molecule has 4 rings (SSSR count). The van der Waals surface area contributed by atoms with Gasteiger partial charge in [-0.1, -0.05) is 30.3 Å². The lowest BCUT2D eigenvalue weighted by Gasteiger charge is -2.34. The summed E-state index contributed by atoms with van der Waals surface area (Å²) in [5, 5.41) is 3.00. The van der Waals surface area contributed by atoms with E-state index in [1.54, 1.807) is 4.90 Å². The lowest BCUT2D eigenvalue weighted by molar-refractivity contribution is -0.141. The van der Waals surface area contributed by atoms with E-state index in [9.17, 15) is 14.4 Å². The summed E-state index contributed by atoms with van der Waals surface area (Å²) in [7, 11) is 0. The molecule has 7 heteroatoms. The van der Waals surface area contributed by atoms with E-state index in [1.165, 1.54) is 0 Å². The lowest BCUT2D eigenvalue weighted by Crippen LogP contribution is -2.43. The van der Waals surface area contributed by atoms with Crippen molar-refractivity contribution in [2.24, 2.45) is 11.7 Å². The van der Waals surface area contributed by atoms with Crippen molar-refractivity contribution >= 4 is 29.1 Å². The molecule has 0 saturated carbocycles. The van der Waals surface area contributed by atoms with Crippen LogP contribution in [-0.2, 0) is 14.4 Å². The number of anilines is 2. The summed E-state index contributed by atoms with van der Waals surface area (Å²) in [6.45, 7) is 2.16. The minimum atomic E-state index is -0.642. The van der Waals surface area contributed by atoms with Crippen molar-refractivity contribution in [1.29, 1.82) is 0 Å². The van der Waals surface area contributed by atoms with E-state index in [4.69, 9.17) is 5.73 Å². The summed E-state index contributed by atoms with van der Waals surface area (Å²) < 4.78 is 0. The highest BCUT2D eigenvalue weighted by Gasteiger charge is 2.32. The van der Waals surface area contributed by atoms with Crippen molar-refractivity contribution in [3.8, 4) is 0 Å². The molecule has 2 heterocycles. The standard InChI is InChI=1S/C25H30N4O3/c26-24(31)19-13-16-28(17-14-19)21-11-9-20(10-12-21)27-25(32)23(18-6-2-1-3-7-18)29-15-5-4-8-22(29)30/h1-3,6-7,9-12,19,23H,4-5,8,13-17H2,(H2,26,31)(H,27,32). The van der Waals surface area contributed by atoms with Crippen LogP contribution >= 0.6 is 0 Å².